The fourth-order valence-electron chi connectivity index (χ4n) is 5.37. The number of carbonyl (C=O) groups is 1. The van der Waals surface area contributed by atoms with E-state index in [4.69, 9.17) is 14.5 Å². The Balaban J connectivity index is 1.61. The molecule has 2 aliphatic carbocycles. The number of ether oxygens (including phenoxy) is 1. The average Bonchev–Trinajstić information content (AvgIpc) is 2.59. The second-order valence-corrected chi connectivity index (χ2v) is 8.45. The van der Waals surface area contributed by atoms with Crippen molar-refractivity contribution >= 4 is 5.97 Å². The maximum atomic E-state index is 12.5. The zero-order valence-corrected chi connectivity index (χ0v) is 14.7. The van der Waals surface area contributed by atoms with E-state index < -0.39 is 0 Å². The van der Waals surface area contributed by atoms with Gasteiger partial charge in [0.05, 0.1) is 11.7 Å². The molecule has 4 nitrogen and oxygen atoms in total. The zero-order valence-electron chi connectivity index (χ0n) is 14.7. The van der Waals surface area contributed by atoms with Crippen molar-refractivity contribution in [1.82, 2.24) is 0 Å². The van der Waals surface area contributed by atoms with Crippen molar-refractivity contribution in [2.45, 2.75) is 70.7 Å². The third-order valence-corrected chi connectivity index (χ3v) is 6.86. The van der Waals surface area contributed by atoms with Crippen molar-refractivity contribution in [3.05, 3.63) is 35.9 Å². The molecule has 4 atom stereocenters. The first-order chi connectivity index (χ1) is 11.4. The number of rotatable bonds is 2. The Hall–Kier alpha value is -1.39. The molecule has 1 spiro atoms. The van der Waals surface area contributed by atoms with Gasteiger partial charge in [0.2, 0.25) is 0 Å². The molecule has 1 aromatic carbocycles. The highest BCUT2D eigenvalue weighted by atomic mass is 17.2. The second-order valence-electron chi connectivity index (χ2n) is 8.45. The summed E-state index contributed by atoms with van der Waals surface area (Å²) in [5.41, 5.74) is 0.0151. The second kappa shape index (κ2) is 5.30. The Morgan fingerprint density at radius 3 is 2.54 bits per heavy atom. The Kier molecular flexibility index (Phi) is 3.56. The van der Waals surface area contributed by atoms with E-state index in [9.17, 15) is 4.79 Å². The smallest absolute Gasteiger partial charge is 0.338 e. The van der Waals surface area contributed by atoms with Crippen LogP contribution in [0.4, 0.5) is 0 Å². The van der Waals surface area contributed by atoms with E-state index in [1.807, 2.05) is 18.2 Å². The molecule has 2 aliphatic heterocycles. The number of hydrogen-bond donors (Lipinski definition) is 0. The Bertz CT molecular complexity index is 630. The largest absolute Gasteiger partial charge is 0.458 e. The van der Waals surface area contributed by atoms with Crippen molar-refractivity contribution in [3.8, 4) is 0 Å². The summed E-state index contributed by atoms with van der Waals surface area (Å²) in [7, 11) is 0. The summed E-state index contributed by atoms with van der Waals surface area (Å²) < 4.78 is 5.96. The minimum atomic E-state index is -0.380. The van der Waals surface area contributed by atoms with Gasteiger partial charge in [-0.15, -0.1) is 0 Å². The van der Waals surface area contributed by atoms with E-state index in [0.29, 0.717) is 5.56 Å². The fraction of sp³-hybridized carbons (Fsp3) is 0.650. The molecule has 24 heavy (non-hydrogen) atoms. The summed E-state index contributed by atoms with van der Waals surface area (Å²) in [5.74, 6) is -0.251. The molecule has 0 radical (unpaired) electrons. The molecule has 4 aliphatic rings. The first-order valence-electron chi connectivity index (χ1n) is 8.99. The topological polar surface area (TPSA) is 44.8 Å². The summed E-state index contributed by atoms with van der Waals surface area (Å²) >= 11 is 0. The molecule has 2 saturated heterocycles. The average molecular weight is 330 g/mol. The van der Waals surface area contributed by atoms with Crippen LogP contribution in [0.1, 0.15) is 63.2 Å². The van der Waals surface area contributed by atoms with Gasteiger partial charge in [-0.05, 0) is 44.2 Å². The molecule has 0 aromatic heterocycles. The minimum absolute atomic E-state index is 0.0906. The number of benzene rings is 1. The Labute approximate surface area is 143 Å². The highest BCUT2D eigenvalue weighted by Gasteiger charge is 2.69. The van der Waals surface area contributed by atoms with Crippen LogP contribution in [-0.4, -0.2) is 23.8 Å². The van der Waals surface area contributed by atoms with Crippen LogP contribution >= 0.6 is 0 Å². The molecule has 130 valence electrons. The molecule has 4 heteroatoms. The molecule has 0 N–H and O–H groups in total. The molecule has 1 aromatic rings. The predicted molar refractivity (Wildman–Crippen MR) is 89.3 cm³/mol. The van der Waals surface area contributed by atoms with E-state index >= 15 is 0 Å². The monoisotopic (exact) mass is 330 g/mol. The summed E-state index contributed by atoms with van der Waals surface area (Å²) in [5, 5.41) is 0. The van der Waals surface area contributed by atoms with Crippen molar-refractivity contribution < 1.29 is 19.3 Å². The fourth-order valence-corrected chi connectivity index (χ4v) is 5.37. The number of hydrogen-bond acceptors (Lipinski definition) is 4. The summed E-state index contributed by atoms with van der Waals surface area (Å²) in [6, 6.07) is 9.21. The molecule has 4 unspecified atom stereocenters. The normalized spacial score (nSPS) is 40.0. The lowest BCUT2D eigenvalue weighted by molar-refractivity contribution is -0.496. The first-order valence-corrected chi connectivity index (χ1v) is 8.99. The summed E-state index contributed by atoms with van der Waals surface area (Å²) in [6.07, 6.45) is 4.96. The van der Waals surface area contributed by atoms with Gasteiger partial charge in [-0.25, -0.2) is 14.6 Å². The first kappa shape index (κ1) is 16.1. The van der Waals surface area contributed by atoms with Crippen LogP contribution in [0.25, 0.3) is 0 Å². The lowest BCUT2D eigenvalue weighted by atomic mass is 9.47. The van der Waals surface area contributed by atoms with Gasteiger partial charge in [-0.1, -0.05) is 39.0 Å². The van der Waals surface area contributed by atoms with Gasteiger partial charge in [0.15, 0.2) is 0 Å². The van der Waals surface area contributed by atoms with Crippen LogP contribution in [0.5, 0.6) is 0 Å². The van der Waals surface area contributed by atoms with Crippen molar-refractivity contribution in [2.24, 2.45) is 10.8 Å². The summed E-state index contributed by atoms with van der Waals surface area (Å²) in [4.78, 5) is 24.2. The lowest BCUT2D eigenvalue weighted by Crippen LogP contribution is -2.71. The standard InChI is InChI=1S/C20H26O4/c1-18(2)16(22-17(21)14-7-5-4-6-8-14)10-11-19(3)13-15-9-12-20(18,19)24-23-15/h4-8,15-16H,9-13H2,1-3H3. The van der Waals surface area contributed by atoms with Crippen molar-refractivity contribution in [2.75, 3.05) is 0 Å². The zero-order chi connectivity index (χ0) is 17.0. The molecule has 0 amide bonds. The SMILES string of the molecule is CC12CCC(OC(=O)c3ccccc3)C(C)(C)C13CCC(C2)OO3. The Morgan fingerprint density at radius 2 is 1.88 bits per heavy atom. The molecule has 2 saturated carbocycles. The van der Waals surface area contributed by atoms with Gasteiger partial charge in [-0.2, -0.15) is 0 Å². The van der Waals surface area contributed by atoms with Gasteiger partial charge in [0.25, 0.3) is 0 Å². The Morgan fingerprint density at radius 1 is 1.12 bits per heavy atom. The molecule has 4 fully saturated rings. The molecular formula is C20H26O4. The van der Waals surface area contributed by atoms with Crippen LogP contribution in [0.2, 0.25) is 0 Å². The van der Waals surface area contributed by atoms with E-state index in [-0.39, 0.29) is 34.6 Å². The highest BCUT2D eigenvalue weighted by Crippen LogP contribution is 2.65. The quantitative estimate of drug-likeness (QED) is 0.599. The van der Waals surface area contributed by atoms with Crippen molar-refractivity contribution in [3.63, 3.8) is 0 Å². The van der Waals surface area contributed by atoms with Crippen LogP contribution in [-0.2, 0) is 14.5 Å². The van der Waals surface area contributed by atoms with Crippen LogP contribution in [0.3, 0.4) is 0 Å². The van der Waals surface area contributed by atoms with Gasteiger partial charge < -0.3 is 4.74 Å². The van der Waals surface area contributed by atoms with Gasteiger partial charge >= 0.3 is 5.97 Å². The number of fused-ring (bicyclic) bond motifs is 2. The van der Waals surface area contributed by atoms with E-state index in [0.717, 1.165) is 32.1 Å². The highest BCUT2D eigenvalue weighted by molar-refractivity contribution is 5.89. The minimum Gasteiger partial charge on any atom is -0.458 e. The lowest BCUT2D eigenvalue weighted by Gasteiger charge is -2.66. The van der Waals surface area contributed by atoms with Gasteiger partial charge in [-0.3, -0.25) is 0 Å². The molecular weight excluding hydrogens is 304 g/mol. The molecule has 2 heterocycles. The maximum absolute atomic E-state index is 12.5. The number of carbonyl (C=O) groups excluding carboxylic acids is 1. The molecule has 2 bridgehead atoms. The summed E-state index contributed by atoms with van der Waals surface area (Å²) in [6.45, 7) is 6.66. The third-order valence-electron chi connectivity index (χ3n) is 6.86. The predicted octanol–water partition coefficient (Wildman–Crippen LogP) is 4.29. The number of esters is 1. The van der Waals surface area contributed by atoms with Gasteiger partial charge in [0, 0.05) is 10.8 Å². The molecule has 5 rings (SSSR count). The van der Waals surface area contributed by atoms with E-state index in [1.165, 1.54) is 0 Å². The van der Waals surface area contributed by atoms with Gasteiger partial charge in [0.1, 0.15) is 11.7 Å². The van der Waals surface area contributed by atoms with Crippen LogP contribution in [0, 0.1) is 10.8 Å². The van der Waals surface area contributed by atoms with Crippen LogP contribution in [0.15, 0.2) is 30.3 Å². The maximum Gasteiger partial charge on any atom is 0.338 e. The third kappa shape index (κ3) is 2.09. The van der Waals surface area contributed by atoms with Crippen molar-refractivity contribution in [1.29, 1.82) is 0 Å². The van der Waals surface area contributed by atoms with E-state index in [1.54, 1.807) is 12.1 Å². The van der Waals surface area contributed by atoms with E-state index in [2.05, 4.69) is 20.8 Å². The van der Waals surface area contributed by atoms with Crippen LogP contribution < -0.4 is 0 Å².